The molecule has 14 heteroatoms. The Bertz CT molecular complexity index is 1470. The van der Waals surface area contributed by atoms with Gasteiger partial charge in [0, 0.05) is 29.9 Å². The van der Waals surface area contributed by atoms with E-state index < -0.39 is 79.1 Å². The first-order valence-electron chi connectivity index (χ1n) is 13.4. The number of nitrogens with two attached hydrogens (primary N) is 1. The first kappa shape index (κ1) is 32.3. The second-order valence-electron chi connectivity index (χ2n) is 9.91. The number of carboxylic acid groups (broad SMARTS) is 3. The summed E-state index contributed by atoms with van der Waals surface area (Å²) in [5, 5.41) is 35.8. The van der Waals surface area contributed by atoms with Crippen LogP contribution in [0.5, 0.6) is 0 Å². The lowest BCUT2D eigenvalue weighted by Gasteiger charge is -2.24. The van der Waals surface area contributed by atoms with Crippen molar-refractivity contribution >= 4 is 46.5 Å². The Balaban J connectivity index is 1.71. The number of hydrogen-bond acceptors (Lipinski definition) is 7. The standard InChI is InChI=1S/C29H33N5O9/c30-19(13-17-15-31-20-9-5-4-8-18(17)20)26(39)33-22(14-25(37)38)28(41)32-21(10-11-24(35)36)27(40)34-23(29(42)43)12-16-6-2-1-3-7-16/h1-9,15,19,21-23,31H,10-14,30H2,(H,32,41)(H,33,39)(H,34,40)(H,35,36)(H,37,38)(H,42,43). The zero-order valence-electron chi connectivity index (χ0n) is 23.0. The van der Waals surface area contributed by atoms with E-state index in [2.05, 4.69) is 20.9 Å². The van der Waals surface area contributed by atoms with Crippen molar-refractivity contribution < 1.29 is 44.1 Å². The van der Waals surface area contributed by atoms with Crippen LogP contribution in [-0.4, -0.2) is 80.1 Å². The second-order valence-corrected chi connectivity index (χ2v) is 9.91. The molecule has 0 saturated carbocycles. The highest BCUT2D eigenvalue weighted by molar-refractivity contribution is 5.96. The maximum absolute atomic E-state index is 13.1. The number of hydrogen-bond donors (Lipinski definition) is 8. The topological polar surface area (TPSA) is 241 Å². The minimum absolute atomic E-state index is 0.0683. The summed E-state index contributed by atoms with van der Waals surface area (Å²) in [6.45, 7) is 0. The van der Waals surface area contributed by atoms with E-state index in [1.165, 1.54) is 0 Å². The molecule has 228 valence electrons. The molecular weight excluding hydrogens is 562 g/mol. The Morgan fingerprint density at radius 3 is 1.98 bits per heavy atom. The Labute approximate surface area is 245 Å². The fraction of sp³-hybridized carbons (Fsp3) is 0.310. The first-order valence-corrected chi connectivity index (χ1v) is 13.4. The number of carbonyl (C=O) groups excluding carboxylic acids is 3. The Hall–Kier alpha value is -5.24. The van der Waals surface area contributed by atoms with Crippen molar-refractivity contribution in [2.45, 2.75) is 56.3 Å². The quantitative estimate of drug-likeness (QED) is 0.111. The molecule has 4 atom stereocenters. The summed E-state index contributed by atoms with van der Waals surface area (Å²) < 4.78 is 0. The van der Waals surface area contributed by atoms with E-state index in [0.717, 1.165) is 16.5 Å². The third-order valence-electron chi connectivity index (χ3n) is 6.64. The van der Waals surface area contributed by atoms with E-state index in [0.29, 0.717) is 5.56 Å². The van der Waals surface area contributed by atoms with Gasteiger partial charge < -0.3 is 42.0 Å². The number of nitrogens with one attached hydrogen (secondary N) is 4. The van der Waals surface area contributed by atoms with Gasteiger partial charge in [0.25, 0.3) is 0 Å². The summed E-state index contributed by atoms with van der Waals surface area (Å²) in [7, 11) is 0. The number of aromatic nitrogens is 1. The molecule has 0 fully saturated rings. The van der Waals surface area contributed by atoms with Crippen molar-refractivity contribution in [3.63, 3.8) is 0 Å². The van der Waals surface area contributed by atoms with E-state index in [-0.39, 0.29) is 12.8 Å². The van der Waals surface area contributed by atoms with Crippen LogP contribution in [0.1, 0.15) is 30.4 Å². The van der Waals surface area contributed by atoms with Crippen LogP contribution in [0, 0.1) is 0 Å². The minimum Gasteiger partial charge on any atom is -0.481 e. The van der Waals surface area contributed by atoms with Gasteiger partial charge >= 0.3 is 17.9 Å². The minimum atomic E-state index is -1.67. The molecule has 3 rings (SSSR count). The molecule has 0 spiro atoms. The summed E-state index contributed by atoms with van der Waals surface area (Å²) in [5.74, 6) is -6.99. The van der Waals surface area contributed by atoms with Crippen LogP contribution in [0.3, 0.4) is 0 Å². The van der Waals surface area contributed by atoms with Gasteiger partial charge in [-0.1, -0.05) is 48.5 Å². The van der Waals surface area contributed by atoms with Crippen LogP contribution in [0.4, 0.5) is 0 Å². The number of aliphatic carboxylic acids is 3. The van der Waals surface area contributed by atoms with Crippen molar-refractivity contribution in [1.29, 1.82) is 0 Å². The average molecular weight is 596 g/mol. The Morgan fingerprint density at radius 2 is 1.33 bits per heavy atom. The molecule has 3 amide bonds. The first-order chi connectivity index (χ1) is 20.4. The van der Waals surface area contributed by atoms with Gasteiger partial charge in [-0.25, -0.2) is 4.79 Å². The zero-order chi connectivity index (χ0) is 31.5. The molecule has 1 heterocycles. The molecule has 0 aliphatic carbocycles. The lowest BCUT2D eigenvalue weighted by Crippen LogP contribution is -2.57. The predicted octanol–water partition coefficient (Wildman–Crippen LogP) is 0.159. The predicted molar refractivity (Wildman–Crippen MR) is 153 cm³/mol. The molecule has 0 radical (unpaired) electrons. The van der Waals surface area contributed by atoms with Crippen LogP contribution in [0.15, 0.2) is 60.8 Å². The summed E-state index contributed by atoms with van der Waals surface area (Å²) >= 11 is 0. The molecule has 0 saturated heterocycles. The third-order valence-corrected chi connectivity index (χ3v) is 6.64. The number of carboxylic acids is 3. The van der Waals surface area contributed by atoms with Crippen LogP contribution >= 0.6 is 0 Å². The van der Waals surface area contributed by atoms with Gasteiger partial charge in [-0.3, -0.25) is 24.0 Å². The van der Waals surface area contributed by atoms with Crippen molar-refractivity contribution in [2.24, 2.45) is 5.73 Å². The zero-order valence-corrected chi connectivity index (χ0v) is 23.0. The molecule has 43 heavy (non-hydrogen) atoms. The number of aromatic amines is 1. The summed E-state index contributed by atoms with van der Waals surface area (Å²) in [4.78, 5) is 76.7. The van der Waals surface area contributed by atoms with E-state index in [1.807, 2.05) is 24.3 Å². The SMILES string of the molecule is NC(Cc1c[nH]c2ccccc12)C(=O)NC(CC(=O)O)C(=O)NC(CCC(=O)O)C(=O)NC(Cc1ccccc1)C(=O)O. The molecule has 2 aromatic carbocycles. The molecule has 0 aliphatic heterocycles. The highest BCUT2D eigenvalue weighted by Gasteiger charge is 2.32. The maximum atomic E-state index is 13.1. The van der Waals surface area contributed by atoms with E-state index in [4.69, 9.17) is 10.8 Å². The third kappa shape index (κ3) is 9.67. The number of H-pyrrole nitrogens is 1. The smallest absolute Gasteiger partial charge is 0.326 e. The van der Waals surface area contributed by atoms with Crippen LogP contribution in [0.25, 0.3) is 10.9 Å². The van der Waals surface area contributed by atoms with Crippen molar-refractivity contribution in [1.82, 2.24) is 20.9 Å². The van der Waals surface area contributed by atoms with E-state index >= 15 is 0 Å². The normalized spacial score (nSPS) is 13.7. The molecule has 0 bridgehead atoms. The lowest BCUT2D eigenvalue weighted by molar-refractivity contribution is -0.143. The number of benzene rings is 2. The van der Waals surface area contributed by atoms with Crippen LogP contribution in [0.2, 0.25) is 0 Å². The molecule has 1 aromatic heterocycles. The number of para-hydroxylation sites is 1. The summed E-state index contributed by atoms with van der Waals surface area (Å²) in [6, 6.07) is 9.98. The molecule has 3 aromatic rings. The van der Waals surface area contributed by atoms with Gasteiger partial charge in [-0.05, 0) is 30.0 Å². The van der Waals surface area contributed by atoms with Gasteiger partial charge in [0.05, 0.1) is 12.5 Å². The summed E-state index contributed by atoms with van der Waals surface area (Å²) in [6.07, 6.45) is -0.200. The van der Waals surface area contributed by atoms with Crippen molar-refractivity contribution in [2.75, 3.05) is 0 Å². The number of carbonyl (C=O) groups is 6. The fourth-order valence-corrected chi connectivity index (χ4v) is 4.42. The van der Waals surface area contributed by atoms with Crippen molar-refractivity contribution in [3.05, 3.63) is 71.9 Å². The molecule has 0 aliphatic rings. The number of fused-ring (bicyclic) bond motifs is 1. The number of rotatable bonds is 16. The highest BCUT2D eigenvalue weighted by Crippen LogP contribution is 2.19. The van der Waals surface area contributed by atoms with Crippen molar-refractivity contribution in [3.8, 4) is 0 Å². The van der Waals surface area contributed by atoms with E-state index in [9.17, 15) is 39.0 Å². The summed E-state index contributed by atoms with van der Waals surface area (Å²) in [5.41, 5.74) is 8.23. The monoisotopic (exact) mass is 595 g/mol. The average Bonchev–Trinajstić information content (AvgIpc) is 3.37. The van der Waals surface area contributed by atoms with Gasteiger partial charge in [0.15, 0.2) is 0 Å². The molecule has 4 unspecified atom stereocenters. The van der Waals surface area contributed by atoms with Crippen LogP contribution in [-0.2, 0) is 41.6 Å². The number of amides is 3. The van der Waals surface area contributed by atoms with Gasteiger partial charge in [0.1, 0.15) is 18.1 Å². The van der Waals surface area contributed by atoms with E-state index in [1.54, 1.807) is 36.5 Å². The molecule has 9 N–H and O–H groups in total. The maximum Gasteiger partial charge on any atom is 0.326 e. The Morgan fingerprint density at radius 1 is 0.721 bits per heavy atom. The van der Waals surface area contributed by atoms with Gasteiger partial charge in [-0.2, -0.15) is 0 Å². The highest BCUT2D eigenvalue weighted by atomic mass is 16.4. The van der Waals surface area contributed by atoms with Crippen LogP contribution < -0.4 is 21.7 Å². The van der Waals surface area contributed by atoms with Gasteiger partial charge in [0.2, 0.25) is 17.7 Å². The molecular formula is C29H33N5O9. The largest absolute Gasteiger partial charge is 0.481 e. The lowest BCUT2D eigenvalue weighted by atomic mass is 10.0. The molecule has 14 nitrogen and oxygen atoms in total. The second kappa shape index (κ2) is 15.1. The Kier molecular flexibility index (Phi) is 11.3. The van der Waals surface area contributed by atoms with Gasteiger partial charge in [-0.15, -0.1) is 0 Å². The fourth-order valence-electron chi connectivity index (χ4n) is 4.42.